The molecule has 0 bridgehead atoms. The molecule has 0 unspecified atom stereocenters. The maximum Gasteiger partial charge on any atom is 0.343 e. The number of hydrazone groups is 1. The summed E-state index contributed by atoms with van der Waals surface area (Å²) in [5, 5.41) is 3.98. The highest BCUT2D eigenvalue weighted by molar-refractivity contribution is 5.97. The van der Waals surface area contributed by atoms with Gasteiger partial charge in [-0.3, -0.25) is 4.79 Å². The Morgan fingerprint density at radius 1 is 0.912 bits per heavy atom. The van der Waals surface area contributed by atoms with Gasteiger partial charge < -0.3 is 18.9 Å². The zero-order valence-electron chi connectivity index (χ0n) is 19.2. The van der Waals surface area contributed by atoms with Crippen LogP contribution in [0.25, 0.3) is 0 Å². The third kappa shape index (κ3) is 6.35. The normalized spacial score (nSPS) is 10.6. The highest BCUT2D eigenvalue weighted by atomic mass is 16.6. The highest BCUT2D eigenvalue weighted by Gasteiger charge is 2.14. The monoisotopic (exact) mass is 462 g/mol. The number of nitrogens with one attached hydrogen (secondary N) is 1. The number of ether oxygens (including phenoxy) is 4. The Balaban J connectivity index is 1.64. The SMILES string of the molecule is CCCOc1ccc(C(=O)Oc2ccc(/C=N\NC(=O)c3ccccc3OC)cc2OC)cc1. The first-order valence-electron chi connectivity index (χ1n) is 10.6. The summed E-state index contributed by atoms with van der Waals surface area (Å²) >= 11 is 0. The molecule has 34 heavy (non-hydrogen) atoms. The van der Waals surface area contributed by atoms with Crippen LogP contribution in [0, 0.1) is 0 Å². The van der Waals surface area contributed by atoms with E-state index in [0.717, 1.165) is 6.42 Å². The number of para-hydroxylation sites is 1. The Labute approximate surface area is 198 Å². The first-order valence-corrected chi connectivity index (χ1v) is 10.6. The van der Waals surface area contributed by atoms with Gasteiger partial charge >= 0.3 is 5.97 Å². The van der Waals surface area contributed by atoms with Gasteiger partial charge in [-0.05, 0) is 66.6 Å². The lowest BCUT2D eigenvalue weighted by atomic mass is 10.2. The summed E-state index contributed by atoms with van der Waals surface area (Å²) in [5.41, 5.74) is 3.85. The van der Waals surface area contributed by atoms with E-state index < -0.39 is 11.9 Å². The summed E-state index contributed by atoms with van der Waals surface area (Å²) in [6.45, 7) is 2.63. The lowest BCUT2D eigenvalue weighted by Gasteiger charge is -2.10. The predicted molar refractivity (Wildman–Crippen MR) is 128 cm³/mol. The number of benzene rings is 3. The molecular formula is C26H26N2O6. The average Bonchev–Trinajstić information content (AvgIpc) is 2.88. The Bertz CT molecular complexity index is 1160. The number of amides is 1. The maximum atomic E-state index is 12.5. The van der Waals surface area contributed by atoms with Gasteiger partial charge in [-0.1, -0.05) is 19.1 Å². The van der Waals surface area contributed by atoms with Gasteiger partial charge in [-0.25, -0.2) is 10.2 Å². The number of nitrogens with zero attached hydrogens (tertiary/aromatic N) is 1. The summed E-state index contributed by atoms with van der Waals surface area (Å²) in [6.07, 6.45) is 2.36. The largest absolute Gasteiger partial charge is 0.496 e. The van der Waals surface area contributed by atoms with Crippen molar-refractivity contribution in [3.63, 3.8) is 0 Å². The fourth-order valence-corrected chi connectivity index (χ4v) is 2.97. The molecule has 0 aliphatic carbocycles. The molecule has 0 heterocycles. The van der Waals surface area contributed by atoms with Crippen LogP contribution in [0.4, 0.5) is 0 Å². The molecule has 176 valence electrons. The van der Waals surface area contributed by atoms with E-state index in [-0.39, 0.29) is 5.75 Å². The molecule has 3 aromatic carbocycles. The molecule has 0 aliphatic rings. The Morgan fingerprint density at radius 3 is 2.35 bits per heavy atom. The van der Waals surface area contributed by atoms with Crippen LogP contribution < -0.4 is 24.4 Å². The number of carbonyl (C=O) groups excluding carboxylic acids is 2. The Morgan fingerprint density at radius 2 is 1.65 bits per heavy atom. The van der Waals surface area contributed by atoms with Crippen LogP contribution in [0.5, 0.6) is 23.0 Å². The van der Waals surface area contributed by atoms with Crippen molar-refractivity contribution >= 4 is 18.1 Å². The molecule has 3 rings (SSSR count). The smallest absolute Gasteiger partial charge is 0.343 e. The van der Waals surface area contributed by atoms with Gasteiger partial charge in [-0.15, -0.1) is 0 Å². The van der Waals surface area contributed by atoms with E-state index in [4.69, 9.17) is 18.9 Å². The Hall–Kier alpha value is -4.33. The second-order valence-electron chi connectivity index (χ2n) is 7.07. The van der Waals surface area contributed by atoms with Crippen molar-refractivity contribution in [2.24, 2.45) is 5.10 Å². The van der Waals surface area contributed by atoms with Crippen LogP contribution in [0.15, 0.2) is 71.8 Å². The van der Waals surface area contributed by atoms with Crippen LogP contribution in [0.3, 0.4) is 0 Å². The fraction of sp³-hybridized carbons (Fsp3) is 0.192. The zero-order chi connectivity index (χ0) is 24.3. The molecule has 1 N–H and O–H groups in total. The first kappa shape index (κ1) is 24.3. The minimum Gasteiger partial charge on any atom is -0.496 e. The molecule has 0 radical (unpaired) electrons. The molecule has 0 saturated carbocycles. The van der Waals surface area contributed by atoms with Crippen LogP contribution in [-0.4, -0.2) is 38.9 Å². The molecule has 1 amide bonds. The summed E-state index contributed by atoms with van der Waals surface area (Å²) < 4.78 is 21.5. The fourth-order valence-electron chi connectivity index (χ4n) is 2.97. The van der Waals surface area contributed by atoms with Crippen LogP contribution >= 0.6 is 0 Å². The molecule has 0 aromatic heterocycles. The third-order valence-corrected chi connectivity index (χ3v) is 4.68. The number of methoxy groups -OCH3 is 2. The average molecular weight is 463 g/mol. The van der Waals surface area contributed by atoms with Crippen molar-refractivity contribution in [2.75, 3.05) is 20.8 Å². The van der Waals surface area contributed by atoms with Crippen molar-refractivity contribution in [3.05, 3.63) is 83.4 Å². The molecule has 0 aliphatic heterocycles. The summed E-state index contributed by atoms with van der Waals surface area (Å²) in [6, 6.07) is 18.5. The van der Waals surface area contributed by atoms with E-state index in [9.17, 15) is 9.59 Å². The lowest BCUT2D eigenvalue weighted by Crippen LogP contribution is -2.18. The first-order chi connectivity index (χ1) is 16.5. The van der Waals surface area contributed by atoms with Crippen molar-refractivity contribution in [3.8, 4) is 23.0 Å². The van der Waals surface area contributed by atoms with Gasteiger partial charge in [-0.2, -0.15) is 5.10 Å². The minimum absolute atomic E-state index is 0.258. The molecule has 0 saturated heterocycles. The molecule has 0 spiro atoms. The maximum absolute atomic E-state index is 12.5. The molecule has 8 nitrogen and oxygen atoms in total. The van der Waals surface area contributed by atoms with Crippen LogP contribution in [0.1, 0.15) is 39.6 Å². The van der Waals surface area contributed by atoms with Gasteiger partial charge in [0.1, 0.15) is 11.5 Å². The van der Waals surface area contributed by atoms with Crippen molar-refractivity contribution < 1.29 is 28.5 Å². The number of hydrogen-bond acceptors (Lipinski definition) is 7. The molecule has 0 fully saturated rings. The highest BCUT2D eigenvalue weighted by Crippen LogP contribution is 2.28. The van der Waals surface area contributed by atoms with E-state index in [1.807, 2.05) is 6.92 Å². The molecule has 3 aromatic rings. The quantitative estimate of drug-likeness (QED) is 0.207. The van der Waals surface area contributed by atoms with E-state index in [2.05, 4.69) is 10.5 Å². The van der Waals surface area contributed by atoms with Gasteiger partial charge in [0.05, 0.1) is 38.2 Å². The van der Waals surface area contributed by atoms with Crippen molar-refractivity contribution in [2.45, 2.75) is 13.3 Å². The van der Waals surface area contributed by atoms with Crippen LogP contribution in [0.2, 0.25) is 0 Å². The van der Waals surface area contributed by atoms with E-state index in [1.54, 1.807) is 66.7 Å². The standard InChI is InChI=1S/C26H26N2O6/c1-4-15-33-20-12-10-19(11-13-20)26(30)34-23-14-9-18(16-24(23)32-3)17-27-28-25(29)21-7-5-6-8-22(21)31-2/h5-14,16-17H,4,15H2,1-3H3,(H,28,29)/b27-17-. The molecule has 0 atom stereocenters. The van der Waals surface area contributed by atoms with E-state index in [0.29, 0.717) is 40.5 Å². The second kappa shape index (κ2) is 12.1. The van der Waals surface area contributed by atoms with Gasteiger partial charge in [0.25, 0.3) is 5.91 Å². The lowest BCUT2D eigenvalue weighted by molar-refractivity contribution is 0.0729. The molecular weight excluding hydrogens is 436 g/mol. The van der Waals surface area contributed by atoms with E-state index >= 15 is 0 Å². The second-order valence-corrected chi connectivity index (χ2v) is 7.07. The number of carbonyl (C=O) groups is 2. The third-order valence-electron chi connectivity index (χ3n) is 4.68. The van der Waals surface area contributed by atoms with E-state index in [1.165, 1.54) is 20.4 Å². The summed E-state index contributed by atoms with van der Waals surface area (Å²) in [4.78, 5) is 24.8. The number of hydrogen-bond donors (Lipinski definition) is 1. The van der Waals surface area contributed by atoms with Crippen molar-refractivity contribution in [1.82, 2.24) is 5.43 Å². The summed E-state index contributed by atoms with van der Waals surface area (Å²) in [7, 11) is 2.96. The minimum atomic E-state index is -0.522. The van der Waals surface area contributed by atoms with Gasteiger partial charge in [0, 0.05) is 0 Å². The van der Waals surface area contributed by atoms with Crippen molar-refractivity contribution in [1.29, 1.82) is 0 Å². The zero-order valence-corrected chi connectivity index (χ0v) is 19.2. The summed E-state index contributed by atoms with van der Waals surface area (Å²) in [5.74, 6) is 0.817. The van der Waals surface area contributed by atoms with Gasteiger partial charge in [0.15, 0.2) is 11.5 Å². The Kier molecular flexibility index (Phi) is 8.62. The van der Waals surface area contributed by atoms with Crippen LogP contribution in [-0.2, 0) is 0 Å². The number of esters is 1. The molecule has 8 heteroatoms. The predicted octanol–water partition coefficient (Wildman–Crippen LogP) is 4.48. The van der Waals surface area contributed by atoms with Gasteiger partial charge in [0.2, 0.25) is 0 Å². The topological polar surface area (TPSA) is 95.5 Å². The number of rotatable bonds is 10.